The summed E-state index contributed by atoms with van der Waals surface area (Å²) in [5, 5.41) is 7.47. The molecule has 0 radical (unpaired) electrons. The maximum Gasteiger partial charge on any atom is 0.231 e. The monoisotopic (exact) mass is 398 g/mol. The van der Waals surface area contributed by atoms with E-state index in [0.717, 1.165) is 42.5 Å². The maximum atomic E-state index is 13.0. The standard InChI is InChI=1S/C22H27FN4O2/c1-26-12-17-13-27(22(29)16-4-2-3-5-16)14-19(20(17)25-26)21(28)24-11-10-15-6-8-18(23)9-7-15/h6-9,12,16,19H,2-5,10-11,13-14H2,1H3,(H,24,28). The number of aromatic nitrogens is 2. The second-order valence-corrected chi connectivity index (χ2v) is 8.13. The first kappa shape index (κ1) is 19.6. The molecule has 6 nitrogen and oxygen atoms in total. The lowest BCUT2D eigenvalue weighted by atomic mass is 9.94. The van der Waals surface area contributed by atoms with Crippen molar-refractivity contribution < 1.29 is 14.0 Å². The van der Waals surface area contributed by atoms with Crippen LogP contribution in [0.1, 0.15) is 48.4 Å². The van der Waals surface area contributed by atoms with Crippen LogP contribution in [0.3, 0.4) is 0 Å². The Balaban J connectivity index is 1.43. The molecule has 2 heterocycles. The Morgan fingerprint density at radius 2 is 1.93 bits per heavy atom. The lowest BCUT2D eigenvalue weighted by Gasteiger charge is -2.33. The molecule has 7 heteroatoms. The first-order valence-corrected chi connectivity index (χ1v) is 10.3. The largest absolute Gasteiger partial charge is 0.355 e. The minimum absolute atomic E-state index is 0.0930. The third kappa shape index (κ3) is 4.33. The zero-order chi connectivity index (χ0) is 20.4. The second kappa shape index (κ2) is 8.35. The molecule has 1 aliphatic carbocycles. The molecule has 2 amide bonds. The summed E-state index contributed by atoms with van der Waals surface area (Å²) in [6.07, 6.45) is 6.64. The van der Waals surface area contributed by atoms with E-state index in [1.54, 1.807) is 16.8 Å². The summed E-state index contributed by atoms with van der Waals surface area (Å²) >= 11 is 0. The molecule has 29 heavy (non-hydrogen) atoms. The predicted molar refractivity (Wildman–Crippen MR) is 106 cm³/mol. The van der Waals surface area contributed by atoms with E-state index >= 15 is 0 Å². The zero-order valence-electron chi connectivity index (χ0n) is 16.7. The van der Waals surface area contributed by atoms with E-state index in [4.69, 9.17) is 0 Å². The summed E-state index contributed by atoms with van der Waals surface area (Å²) < 4.78 is 14.7. The number of carbonyl (C=O) groups is 2. The quantitative estimate of drug-likeness (QED) is 0.842. The average molecular weight is 398 g/mol. The summed E-state index contributed by atoms with van der Waals surface area (Å²) in [5.41, 5.74) is 2.68. The van der Waals surface area contributed by atoms with E-state index < -0.39 is 5.92 Å². The average Bonchev–Trinajstić information content (AvgIpc) is 3.37. The highest BCUT2D eigenvalue weighted by Crippen LogP contribution is 2.32. The van der Waals surface area contributed by atoms with Crippen molar-refractivity contribution in [2.24, 2.45) is 13.0 Å². The van der Waals surface area contributed by atoms with Gasteiger partial charge in [0.1, 0.15) is 5.82 Å². The highest BCUT2D eigenvalue weighted by Gasteiger charge is 2.37. The molecule has 1 atom stereocenters. The van der Waals surface area contributed by atoms with Crippen molar-refractivity contribution >= 4 is 11.8 Å². The summed E-state index contributed by atoms with van der Waals surface area (Å²) in [6.45, 7) is 1.36. The summed E-state index contributed by atoms with van der Waals surface area (Å²) in [5.74, 6) is -0.583. The van der Waals surface area contributed by atoms with Crippen molar-refractivity contribution in [3.63, 3.8) is 0 Å². The predicted octanol–water partition coefficient (Wildman–Crippen LogP) is 2.53. The van der Waals surface area contributed by atoms with Crippen molar-refractivity contribution in [2.75, 3.05) is 13.1 Å². The van der Waals surface area contributed by atoms with Crippen LogP contribution in [-0.4, -0.2) is 39.6 Å². The van der Waals surface area contributed by atoms with E-state index in [9.17, 15) is 14.0 Å². The fourth-order valence-electron chi connectivity index (χ4n) is 4.46. The van der Waals surface area contributed by atoms with Gasteiger partial charge in [0.15, 0.2) is 0 Å². The Morgan fingerprint density at radius 1 is 1.21 bits per heavy atom. The topological polar surface area (TPSA) is 67.2 Å². The van der Waals surface area contributed by atoms with Crippen molar-refractivity contribution in [3.8, 4) is 0 Å². The first-order valence-electron chi connectivity index (χ1n) is 10.3. The van der Waals surface area contributed by atoms with Gasteiger partial charge in [0.25, 0.3) is 0 Å². The number of hydrogen-bond acceptors (Lipinski definition) is 3. The summed E-state index contributed by atoms with van der Waals surface area (Å²) in [6, 6.07) is 6.29. The molecular formula is C22H27FN4O2. The van der Waals surface area contributed by atoms with Gasteiger partial charge in [-0.25, -0.2) is 4.39 Å². The van der Waals surface area contributed by atoms with Crippen LogP contribution in [0.5, 0.6) is 0 Å². The van der Waals surface area contributed by atoms with Crippen LogP contribution < -0.4 is 5.32 Å². The molecule has 1 aromatic heterocycles. The van der Waals surface area contributed by atoms with Crippen molar-refractivity contribution in [3.05, 3.63) is 53.1 Å². The van der Waals surface area contributed by atoms with E-state index in [1.807, 2.05) is 18.1 Å². The number of hydrogen-bond donors (Lipinski definition) is 1. The molecule has 1 fully saturated rings. The Hall–Kier alpha value is -2.70. The van der Waals surface area contributed by atoms with Gasteiger partial charge in [0, 0.05) is 44.4 Å². The zero-order valence-corrected chi connectivity index (χ0v) is 16.7. The molecule has 0 spiro atoms. The lowest BCUT2D eigenvalue weighted by molar-refractivity contribution is -0.137. The fraction of sp³-hybridized carbons (Fsp3) is 0.500. The Labute approximate surface area is 170 Å². The minimum Gasteiger partial charge on any atom is -0.355 e. The second-order valence-electron chi connectivity index (χ2n) is 8.13. The fourth-order valence-corrected chi connectivity index (χ4v) is 4.46. The smallest absolute Gasteiger partial charge is 0.231 e. The third-order valence-corrected chi connectivity index (χ3v) is 5.99. The van der Waals surface area contributed by atoms with E-state index in [-0.39, 0.29) is 23.5 Å². The number of fused-ring (bicyclic) bond motifs is 1. The highest BCUT2D eigenvalue weighted by atomic mass is 19.1. The number of carbonyl (C=O) groups excluding carboxylic acids is 2. The van der Waals surface area contributed by atoms with E-state index in [2.05, 4.69) is 10.4 Å². The number of halogens is 1. The van der Waals surface area contributed by atoms with Gasteiger partial charge in [-0.05, 0) is 37.0 Å². The van der Waals surface area contributed by atoms with Gasteiger partial charge in [0.05, 0.1) is 11.6 Å². The normalized spacial score (nSPS) is 19.2. The number of amides is 2. The van der Waals surface area contributed by atoms with Crippen molar-refractivity contribution in [1.82, 2.24) is 20.0 Å². The number of aryl methyl sites for hydroxylation is 1. The van der Waals surface area contributed by atoms with Gasteiger partial charge in [-0.1, -0.05) is 25.0 Å². The van der Waals surface area contributed by atoms with Crippen LogP contribution >= 0.6 is 0 Å². The molecule has 1 unspecified atom stereocenters. The number of nitrogens with zero attached hydrogens (tertiary/aromatic N) is 3. The minimum atomic E-state index is -0.460. The molecule has 1 aromatic carbocycles. The van der Waals surface area contributed by atoms with Crippen LogP contribution in [0.25, 0.3) is 0 Å². The highest BCUT2D eigenvalue weighted by molar-refractivity contribution is 5.86. The molecule has 1 saturated carbocycles. The Bertz CT molecular complexity index is 887. The number of nitrogens with one attached hydrogen (secondary N) is 1. The van der Waals surface area contributed by atoms with Gasteiger partial charge < -0.3 is 10.2 Å². The van der Waals surface area contributed by atoms with Gasteiger partial charge in [-0.15, -0.1) is 0 Å². The van der Waals surface area contributed by atoms with Crippen LogP contribution in [0.2, 0.25) is 0 Å². The lowest BCUT2D eigenvalue weighted by Crippen LogP contribution is -2.45. The third-order valence-electron chi connectivity index (χ3n) is 5.99. The van der Waals surface area contributed by atoms with Gasteiger partial charge in [-0.3, -0.25) is 14.3 Å². The van der Waals surface area contributed by atoms with Crippen molar-refractivity contribution in [2.45, 2.75) is 44.6 Å². The van der Waals surface area contributed by atoms with Crippen LogP contribution in [0, 0.1) is 11.7 Å². The first-order chi connectivity index (χ1) is 14.0. The van der Waals surface area contributed by atoms with Crippen molar-refractivity contribution in [1.29, 1.82) is 0 Å². The molecular weight excluding hydrogens is 371 g/mol. The SMILES string of the molecule is Cn1cc2c(n1)C(C(=O)NCCc1ccc(F)cc1)CN(C(=O)C1CCCC1)C2. The molecule has 154 valence electrons. The number of benzene rings is 1. The molecule has 1 N–H and O–H groups in total. The van der Waals surface area contributed by atoms with E-state index in [0.29, 0.717) is 26.1 Å². The summed E-state index contributed by atoms with van der Waals surface area (Å²) in [4.78, 5) is 27.7. The molecule has 0 saturated heterocycles. The summed E-state index contributed by atoms with van der Waals surface area (Å²) in [7, 11) is 1.84. The van der Waals surface area contributed by atoms with Crippen LogP contribution in [0.15, 0.2) is 30.5 Å². The molecule has 2 aromatic rings. The number of rotatable bonds is 5. The van der Waals surface area contributed by atoms with E-state index in [1.165, 1.54) is 12.1 Å². The Kier molecular flexibility index (Phi) is 5.65. The Morgan fingerprint density at radius 3 is 2.66 bits per heavy atom. The molecule has 4 rings (SSSR count). The molecule has 0 bridgehead atoms. The van der Waals surface area contributed by atoms with Crippen LogP contribution in [0.4, 0.5) is 4.39 Å². The van der Waals surface area contributed by atoms with Crippen LogP contribution in [-0.2, 0) is 29.6 Å². The van der Waals surface area contributed by atoms with Gasteiger partial charge >= 0.3 is 0 Å². The molecule has 1 aliphatic heterocycles. The molecule has 2 aliphatic rings. The maximum absolute atomic E-state index is 13.0. The van der Waals surface area contributed by atoms with Gasteiger partial charge in [-0.2, -0.15) is 5.10 Å². The van der Waals surface area contributed by atoms with Gasteiger partial charge in [0.2, 0.25) is 11.8 Å².